The first-order valence-electron chi connectivity index (χ1n) is 5.62. The molecule has 2 rings (SSSR count). The maximum absolute atomic E-state index is 6.10. The average Bonchev–Trinajstić information content (AvgIpc) is 2.38. The maximum Gasteiger partial charge on any atom is 0.123 e. The zero-order valence-corrected chi connectivity index (χ0v) is 12.5. The van der Waals surface area contributed by atoms with Crippen LogP contribution in [0.3, 0.4) is 0 Å². The van der Waals surface area contributed by atoms with Crippen molar-refractivity contribution in [1.82, 2.24) is 0 Å². The second-order valence-electron chi connectivity index (χ2n) is 3.91. The minimum absolute atomic E-state index is 0.521. The summed E-state index contributed by atoms with van der Waals surface area (Å²) in [6.07, 6.45) is 0. The van der Waals surface area contributed by atoms with Crippen molar-refractivity contribution in [2.75, 3.05) is 12.4 Å². The van der Waals surface area contributed by atoms with Crippen molar-refractivity contribution in [3.8, 4) is 5.75 Å². The Labute approximate surface area is 127 Å². The molecular formula is C14H12Cl3NO. The number of anilines is 1. The third-order valence-corrected chi connectivity index (χ3v) is 3.53. The van der Waals surface area contributed by atoms with E-state index in [9.17, 15) is 0 Å². The molecule has 2 nitrogen and oxygen atoms in total. The van der Waals surface area contributed by atoms with Gasteiger partial charge in [0.25, 0.3) is 0 Å². The summed E-state index contributed by atoms with van der Waals surface area (Å²) in [5, 5.41) is 5.01. The minimum atomic E-state index is 0.521. The Kier molecular flexibility index (Phi) is 4.81. The topological polar surface area (TPSA) is 21.3 Å². The van der Waals surface area contributed by atoms with Crippen LogP contribution in [0.5, 0.6) is 5.75 Å². The highest BCUT2D eigenvalue weighted by atomic mass is 35.5. The molecule has 0 heterocycles. The molecule has 2 aromatic rings. The monoisotopic (exact) mass is 315 g/mol. The molecule has 0 amide bonds. The molecule has 1 N–H and O–H groups in total. The van der Waals surface area contributed by atoms with Gasteiger partial charge in [0.1, 0.15) is 5.75 Å². The molecule has 100 valence electrons. The van der Waals surface area contributed by atoms with E-state index in [-0.39, 0.29) is 0 Å². The van der Waals surface area contributed by atoms with Gasteiger partial charge in [-0.1, -0.05) is 40.9 Å². The van der Waals surface area contributed by atoms with E-state index < -0.39 is 0 Å². The van der Waals surface area contributed by atoms with E-state index in [4.69, 9.17) is 39.5 Å². The Morgan fingerprint density at radius 3 is 2.37 bits per heavy atom. The van der Waals surface area contributed by atoms with E-state index in [1.54, 1.807) is 31.4 Å². The van der Waals surface area contributed by atoms with Crippen LogP contribution in [0.4, 0.5) is 5.69 Å². The summed E-state index contributed by atoms with van der Waals surface area (Å²) in [5.74, 6) is 0.764. The predicted molar refractivity (Wildman–Crippen MR) is 81.8 cm³/mol. The summed E-state index contributed by atoms with van der Waals surface area (Å²) < 4.78 is 5.28. The zero-order valence-electron chi connectivity index (χ0n) is 10.2. The Morgan fingerprint density at radius 1 is 1.05 bits per heavy atom. The molecule has 0 aliphatic heterocycles. The zero-order chi connectivity index (χ0) is 13.8. The molecule has 0 fully saturated rings. The molecule has 0 atom stereocenters. The van der Waals surface area contributed by atoms with Gasteiger partial charge in [-0.3, -0.25) is 0 Å². The fourth-order valence-electron chi connectivity index (χ4n) is 1.74. The van der Waals surface area contributed by atoms with Crippen molar-refractivity contribution in [3.63, 3.8) is 0 Å². The van der Waals surface area contributed by atoms with Gasteiger partial charge in [0.05, 0.1) is 22.8 Å². The van der Waals surface area contributed by atoms with Crippen LogP contribution in [0.15, 0.2) is 36.4 Å². The smallest absolute Gasteiger partial charge is 0.123 e. The highest BCUT2D eigenvalue weighted by molar-refractivity contribution is 6.39. The number of rotatable bonds is 4. The first-order chi connectivity index (χ1) is 9.11. The van der Waals surface area contributed by atoms with Gasteiger partial charge in [0.2, 0.25) is 0 Å². The van der Waals surface area contributed by atoms with E-state index in [0.717, 1.165) is 11.3 Å². The molecule has 19 heavy (non-hydrogen) atoms. The van der Waals surface area contributed by atoms with Crippen LogP contribution in [0.2, 0.25) is 15.1 Å². The molecule has 0 unspecified atom stereocenters. The first-order valence-corrected chi connectivity index (χ1v) is 6.75. The van der Waals surface area contributed by atoms with Crippen LogP contribution in [0, 0.1) is 0 Å². The quantitative estimate of drug-likeness (QED) is 0.830. The van der Waals surface area contributed by atoms with Crippen molar-refractivity contribution in [1.29, 1.82) is 0 Å². The number of para-hydroxylation sites is 1. The number of benzene rings is 2. The van der Waals surface area contributed by atoms with Gasteiger partial charge in [-0.05, 0) is 30.3 Å². The second-order valence-corrected chi connectivity index (χ2v) is 5.16. The lowest BCUT2D eigenvalue weighted by atomic mass is 10.2. The van der Waals surface area contributed by atoms with Gasteiger partial charge >= 0.3 is 0 Å². The van der Waals surface area contributed by atoms with Crippen LogP contribution in [-0.4, -0.2) is 7.11 Å². The molecular weight excluding hydrogens is 305 g/mol. The van der Waals surface area contributed by atoms with Gasteiger partial charge in [-0.15, -0.1) is 0 Å². The van der Waals surface area contributed by atoms with E-state index in [0.29, 0.717) is 27.3 Å². The highest BCUT2D eigenvalue weighted by Gasteiger charge is 2.08. The summed E-state index contributed by atoms with van der Waals surface area (Å²) in [6, 6.07) is 10.8. The summed E-state index contributed by atoms with van der Waals surface area (Å²) >= 11 is 18.2. The van der Waals surface area contributed by atoms with Crippen molar-refractivity contribution >= 4 is 40.5 Å². The van der Waals surface area contributed by atoms with Crippen molar-refractivity contribution in [3.05, 3.63) is 57.0 Å². The Balaban J connectivity index is 2.21. The van der Waals surface area contributed by atoms with Gasteiger partial charge in [-0.2, -0.15) is 0 Å². The number of hydrogen-bond acceptors (Lipinski definition) is 2. The molecule has 0 spiro atoms. The lowest BCUT2D eigenvalue weighted by molar-refractivity contribution is 0.410. The van der Waals surface area contributed by atoms with Crippen LogP contribution >= 0.6 is 34.8 Å². The fourth-order valence-corrected chi connectivity index (χ4v) is 2.46. The van der Waals surface area contributed by atoms with Gasteiger partial charge < -0.3 is 10.1 Å². The molecule has 5 heteroatoms. The second kappa shape index (κ2) is 6.38. The number of ether oxygens (including phenoxy) is 1. The molecule has 0 aromatic heterocycles. The van der Waals surface area contributed by atoms with Crippen LogP contribution in [-0.2, 0) is 6.54 Å². The Bertz CT molecular complexity index is 567. The van der Waals surface area contributed by atoms with Gasteiger partial charge in [0.15, 0.2) is 0 Å². The highest BCUT2D eigenvalue weighted by Crippen LogP contribution is 2.31. The third kappa shape index (κ3) is 3.47. The average molecular weight is 317 g/mol. The Morgan fingerprint density at radius 2 is 1.74 bits per heavy atom. The number of halogens is 3. The number of methoxy groups -OCH3 is 1. The third-order valence-electron chi connectivity index (χ3n) is 2.66. The van der Waals surface area contributed by atoms with Crippen LogP contribution < -0.4 is 10.1 Å². The summed E-state index contributed by atoms with van der Waals surface area (Å²) in [5.41, 5.74) is 1.64. The van der Waals surface area contributed by atoms with Crippen LogP contribution in [0.25, 0.3) is 0 Å². The molecule has 0 saturated carbocycles. The molecule has 0 saturated heterocycles. The van der Waals surface area contributed by atoms with E-state index in [1.165, 1.54) is 0 Å². The molecule has 0 aliphatic carbocycles. The van der Waals surface area contributed by atoms with E-state index in [1.807, 2.05) is 12.1 Å². The SMILES string of the molecule is COc1ccc(Cl)cc1CNc1c(Cl)cccc1Cl. The summed E-state index contributed by atoms with van der Waals surface area (Å²) in [4.78, 5) is 0. The first kappa shape index (κ1) is 14.3. The van der Waals surface area contributed by atoms with Crippen molar-refractivity contribution < 1.29 is 4.74 Å². The lowest BCUT2D eigenvalue weighted by Gasteiger charge is -2.13. The van der Waals surface area contributed by atoms with E-state index in [2.05, 4.69) is 5.32 Å². The van der Waals surface area contributed by atoms with Crippen molar-refractivity contribution in [2.24, 2.45) is 0 Å². The van der Waals surface area contributed by atoms with E-state index >= 15 is 0 Å². The number of nitrogens with one attached hydrogen (secondary N) is 1. The number of hydrogen-bond donors (Lipinski definition) is 1. The summed E-state index contributed by atoms with van der Waals surface area (Å²) in [7, 11) is 1.62. The van der Waals surface area contributed by atoms with Gasteiger partial charge in [0, 0.05) is 17.1 Å². The van der Waals surface area contributed by atoms with Crippen LogP contribution in [0.1, 0.15) is 5.56 Å². The molecule has 2 aromatic carbocycles. The normalized spacial score (nSPS) is 10.3. The minimum Gasteiger partial charge on any atom is -0.496 e. The summed E-state index contributed by atoms with van der Waals surface area (Å²) in [6.45, 7) is 0.521. The van der Waals surface area contributed by atoms with Gasteiger partial charge in [-0.25, -0.2) is 0 Å². The Hall–Kier alpha value is -1.09. The largest absolute Gasteiger partial charge is 0.496 e. The lowest BCUT2D eigenvalue weighted by Crippen LogP contribution is -2.02. The molecule has 0 aliphatic rings. The molecule has 0 radical (unpaired) electrons. The fraction of sp³-hybridized carbons (Fsp3) is 0.143. The molecule has 0 bridgehead atoms. The van der Waals surface area contributed by atoms with Crippen molar-refractivity contribution in [2.45, 2.75) is 6.54 Å². The maximum atomic E-state index is 6.10. The standard InChI is InChI=1S/C14H12Cl3NO/c1-19-13-6-5-10(15)7-9(13)8-18-14-11(16)3-2-4-12(14)17/h2-7,18H,8H2,1H3. The predicted octanol–water partition coefficient (Wildman–Crippen LogP) is 5.27.